The van der Waals surface area contributed by atoms with Crippen molar-refractivity contribution in [3.63, 3.8) is 0 Å². The van der Waals surface area contributed by atoms with Crippen molar-refractivity contribution in [3.8, 4) is 0 Å². The lowest BCUT2D eigenvalue weighted by molar-refractivity contribution is -0.136. The molecule has 0 saturated heterocycles. The van der Waals surface area contributed by atoms with Crippen LogP contribution in [0.4, 0.5) is 0 Å². The van der Waals surface area contributed by atoms with Crippen LogP contribution in [0.5, 0.6) is 0 Å². The van der Waals surface area contributed by atoms with E-state index in [4.69, 9.17) is 4.74 Å². The van der Waals surface area contributed by atoms with Crippen LogP contribution in [0, 0.1) is 17.8 Å². The predicted molar refractivity (Wildman–Crippen MR) is 76.7 cm³/mol. The Balaban J connectivity index is 2.42. The summed E-state index contributed by atoms with van der Waals surface area (Å²) < 4.78 is 4.75. The zero-order valence-corrected chi connectivity index (χ0v) is 12.7. The first-order chi connectivity index (χ1) is 8.93. The number of esters is 1. The van der Waals surface area contributed by atoms with Crippen LogP contribution in [0.2, 0.25) is 0 Å². The number of rotatable bonds is 6. The Hall–Kier alpha value is -0.830. The zero-order chi connectivity index (χ0) is 14.4. The van der Waals surface area contributed by atoms with Crippen molar-refractivity contribution in [2.75, 3.05) is 7.11 Å². The normalized spacial score (nSPS) is 22.8. The molecular weight excluding hydrogens is 240 g/mol. The highest BCUT2D eigenvalue weighted by Gasteiger charge is 2.25. The van der Waals surface area contributed by atoms with Gasteiger partial charge in [0.15, 0.2) is 0 Å². The second kappa shape index (κ2) is 7.68. The number of ether oxygens (including phenoxy) is 1. The molecule has 0 saturated carbocycles. The predicted octanol–water partition coefficient (Wildman–Crippen LogP) is 3.32. The minimum Gasteiger partial charge on any atom is -0.466 e. The molecule has 3 nitrogen and oxygen atoms in total. The number of methoxy groups -OCH3 is 1. The lowest BCUT2D eigenvalue weighted by Gasteiger charge is -2.28. The third-order valence-corrected chi connectivity index (χ3v) is 4.09. The van der Waals surface area contributed by atoms with Gasteiger partial charge in [-0.2, -0.15) is 0 Å². The summed E-state index contributed by atoms with van der Waals surface area (Å²) in [4.78, 5) is 11.4. The van der Waals surface area contributed by atoms with Crippen LogP contribution >= 0.6 is 0 Å². The maximum atomic E-state index is 11.4. The first-order valence-corrected chi connectivity index (χ1v) is 7.39. The first-order valence-electron chi connectivity index (χ1n) is 7.39. The molecule has 0 amide bonds. The molecule has 0 aliphatic heterocycles. The fourth-order valence-electron chi connectivity index (χ4n) is 2.95. The fourth-order valence-corrected chi connectivity index (χ4v) is 2.95. The molecule has 0 heterocycles. The van der Waals surface area contributed by atoms with Gasteiger partial charge >= 0.3 is 5.97 Å². The highest BCUT2D eigenvalue weighted by Crippen LogP contribution is 2.32. The summed E-state index contributed by atoms with van der Waals surface area (Å²) in [5.74, 6) is 1.43. The van der Waals surface area contributed by atoms with E-state index in [2.05, 4.69) is 20.8 Å². The number of hydrogen-bond donors (Lipinski definition) is 1. The van der Waals surface area contributed by atoms with E-state index in [9.17, 15) is 9.90 Å². The number of aliphatic hydroxyl groups is 1. The van der Waals surface area contributed by atoms with Crippen molar-refractivity contribution < 1.29 is 14.6 Å². The summed E-state index contributed by atoms with van der Waals surface area (Å²) in [6.07, 6.45) is 6.33. The zero-order valence-electron chi connectivity index (χ0n) is 12.7. The van der Waals surface area contributed by atoms with Crippen LogP contribution in [0.1, 0.15) is 52.9 Å². The summed E-state index contributed by atoms with van der Waals surface area (Å²) in [6.45, 7) is 6.49. The largest absolute Gasteiger partial charge is 0.466 e. The summed E-state index contributed by atoms with van der Waals surface area (Å²) in [5, 5.41) is 10.0. The van der Waals surface area contributed by atoms with E-state index in [0.717, 1.165) is 37.7 Å². The van der Waals surface area contributed by atoms with Crippen LogP contribution in [-0.2, 0) is 9.53 Å². The summed E-state index contributed by atoms with van der Waals surface area (Å²) in [6, 6.07) is 0. The molecule has 0 aromatic rings. The van der Waals surface area contributed by atoms with E-state index in [1.165, 1.54) is 7.11 Å². The van der Waals surface area contributed by atoms with E-state index in [-0.39, 0.29) is 12.1 Å². The molecule has 0 aromatic carbocycles. The quantitative estimate of drug-likeness (QED) is 0.752. The molecule has 19 heavy (non-hydrogen) atoms. The SMILES string of the molecule is COC(=O)C1=CC[C@H]([C@H](C)C[C@@H](O)CC(C)C)CC1. The average molecular weight is 268 g/mol. The minimum absolute atomic E-state index is 0.189. The summed E-state index contributed by atoms with van der Waals surface area (Å²) in [5.41, 5.74) is 0.814. The van der Waals surface area contributed by atoms with Gasteiger partial charge in [0.25, 0.3) is 0 Å². The number of allylic oxidation sites excluding steroid dienone is 1. The molecule has 0 unspecified atom stereocenters. The van der Waals surface area contributed by atoms with E-state index < -0.39 is 0 Å². The molecule has 0 aromatic heterocycles. The van der Waals surface area contributed by atoms with Crippen molar-refractivity contribution in [3.05, 3.63) is 11.6 Å². The Morgan fingerprint density at radius 1 is 1.42 bits per heavy atom. The Morgan fingerprint density at radius 3 is 2.58 bits per heavy atom. The van der Waals surface area contributed by atoms with Gasteiger partial charge in [0, 0.05) is 5.57 Å². The third kappa shape index (κ3) is 5.35. The topological polar surface area (TPSA) is 46.5 Å². The number of carbonyl (C=O) groups excluding carboxylic acids is 1. The van der Waals surface area contributed by atoms with Gasteiger partial charge in [0.05, 0.1) is 13.2 Å². The summed E-state index contributed by atoms with van der Waals surface area (Å²) >= 11 is 0. The molecule has 0 radical (unpaired) electrons. The molecule has 3 atom stereocenters. The van der Waals surface area contributed by atoms with Gasteiger partial charge in [-0.05, 0) is 49.9 Å². The van der Waals surface area contributed by atoms with Crippen LogP contribution in [0.15, 0.2) is 11.6 Å². The molecule has 0 bridgehead atoms. The van der Waals surface area contributed by atoms with E-state index in [1.807, 2.05) is 6.08 Å². The third-order valence-electron chi connectivity index (χ3n) is 4.09. The van der Waals surface area contributed by atoms with E-state index in [1.54, 1.807) is 0 Å². The first kappa shape index (κ1) is 16.2. The van der Waals surface area contributed by atoms with Crippen molar-refractivity contribution >= 4 is 5.97 Å². The highest BCUT2D eigenvalue weighted by molar-refractivity contribution is 5.88. The second-order valence-corrected chi connectivity index (χ2v) is 6.25. The Labute approximate surface area is 117 Å². The van der Waals surface area contributed by atoms with Crippen LogP contribution < -0.4 is 0 Å². The molecule has 1 N–H and O–H groups in total. The van der Waals surface area contributed by atoms with Gasteiger partial charge in [0.1, 0.15) is 0 Å². The Bertz CT molecular complexity index is 320. The molecule has 0 spiro atoms. The van der Waals surface area contributed by atoms with Crippen molar-refractivity contribution in [1.82, 2.24) is 0 Å². The fraction of sp³-hybridized carbons (Fsp3) is 0.812. The van der Waals surface area contributed by atoms with Gasteiger partial charge < -0.3 is 9.84 Å². The van der Waals surface area contributed by atoms with E-state index >= 15 is 0 Å². The van der Waals surface area contributed by atoms with Gasteiger partial charge in [-0.25, -0.2) is 4.79 Å². The molecule has 110 valence electrons. The standard InChI is InChI=1S/C16H28O3/c1-11(2)9-15(17)10-12(3)13-5-7-14(8-6-13)16(18)19-4/h7,11-13,15,17H,5-6,8-10H2,1-4H3/t12-,13+,15+/m1/s1. The highest BCUT2D eigenvalue weighted by atomic mass is 16.5. The van der Waals surface area contributed by atoms with E-state index in [0.29, 0.717) is 17.8 Å². The lowest BCUT2D eigenvalue weighted by Crippen LogP contribution is -2.22. The van der Waals surface area contributed by atoms with Crippen LogP contribution in [-0.4, -0.2) is 24.3 Å². The molecule has 3 heteroatoms. The molecule has 1 aliphatic carbocycles. The molecule has 0 fully saturated rings. The lowest BCUT2D eigenvalue weighted by atomic mass is 9.78. The van der Waals surface area contributed by atoms with Gasteiger partial charge in [-0.15, -0.1) is 0 Å². The number of aliphatic hydroxyl groups excluding tert-OH is 1. The monoisotopic (exact) mass is 268 g/mol. The van der Waals surface area contributed by atoms with Crippen molar-refractivity contribution in [2.24, 2.45) is 17.8 Å². The molecule has 1 rings (SSSR count). The Morgan fingerprint density at radius 2 is 2.11 bits per heavy atom. The molecular formula is C16H28O3. The minimum atomic E-state index is -0.194. The van der Waals surface area contributed by atoms with Gasteiger partial charge in [0.2, 0.25) is 0 Å². The van der Waals surface area contributed by atoms with Gasteiger partial charge in [-0.1, -0.05) is 26.8 Å². The summed E-state index contributed by atoms with van der Waals surface area (Å²) in [7, 11) is 1.43. The van der Waals surface area contributed by atoms with Crippen LogP contribution in [0.25, 0.3) is 0 Å². The van der Waals surface area contributed by atoms with Crippen molar-refractivity contribution in [2.45, 2.75) is 59.0 Å². The number of carbonyl (C=O) groups is 1. The van der Waals surface area contributed by atoms with Crippen molar-refractivity contribution in [1.29, 1.82) is 0 Å². The Kier molecular flexibility index (Phi) is 6.56. The average Bonchev–Trinajstić information content (AvgIpc) is 2.36. The smallest absolute Gasteiger partial charge is 0.333 e. The second-order valence-electron chi connectivity index (χ2n) is 6.25. The maximum absolute atomic E-state index is 11.4. The molecule has 1 aliphatic rings. The van der Waals surface area contributed by atoms with Gasteiger partial charge in [-0.3, -0.25) is 0 Å². The van der Waals surface area contributed by atoms with Crippen LogP contribution in [0.3, 0.4) is 0 Å². The number of hydrogen-bond acceptors (Lipinski definition) is 3. The maximum Gasteiger partial charge on any atom is 0.333 e.